The van der Waals surface area contributed by atoms with Gasteiger partial charge in [-0.25, -0.2) is 9.37 Å². The third-order valence-corrected chi connectivity index (χ3v) is 5.15. The first kappa shape index (κ1) is 20.2. The van der Waals surface area contributed by atoms with Crippen molar-refractivity contribution in [1.29, 1.82) is 0 Å². The number of piperidine rings is 1. The van der Waals surface area contributed by atoms with Gasteiger partial charge in [-0.1, -0.05) is 12.1 Å². The van der Waals surface area contributed by atoms with Gasteiger partial charge in [-0.2, -0.15) is 0 Å². The first-order valence-corrected chi connectivity index (χ1v) is 9.07. The standard InChI is InChI=1S/C20H21FN4O2.ClH/c1-11-7-8-22-10-17(11)23-19(26)15-9-16(13-3-5-14(21)6-4-13)24-20-18(15)12(2)25-27-20;/h3-6,9,11,17,22H,7-8,10H2,1-2H3,(H,23,26);1H. The van der Waals surface area contributed by atoms with Crippen LogP contribution in [0, 0.1) is 18.7 Å². The van der Waals surface area contributed by atoms with Crippen LogP contribution in [0.25, 0.3) is 22.4 Å². The van der Waals surface area contributed by atoms with Crippen LogP contribution in [-0.2, 0) is 0 Å². The van der Waals surface area contributed by atoms with E-state index in [0.29, 0.717) is 39.5 Å². The zero-order chi connectivity index (χ0) is 19.0. The second-order valence-electron chi connectivity index (χ2n) is 7.06. The molecule has 3 aromatic rings. The zero-order valence-electron chi connectivity index (χ0n) is 15.7. The summed E-state index contributed by atoms with van der Waals surface area (Å²) in [6.45, 7) is 5.64. The Morgan fingerprint density at radius 2 is 2.07 bits per heavy atom. The first-order chi connectivity index (χ1) is 13.0. The number of nitrogens with zero attached hydrogens (tertiary/aromatic N) is 2. The maximum Gasteiger partial charge on any atom is 0.259 e. The molecule has 0 saturated carbocycles. The molecule has 1 amide bonds. The Labute approximate surface area is 168 Å². The van der Waals surface area contributed by atoms with Gasteiger partial charge >= 0.3 is 0 Å². The van der Waals surface area contributed by atoms with E-state index in [1.54, 1.807) is 25.1 Å². The van der Waals surface area contributed by atoms with Crippen LogP contribution < -0.4 is 10.6 Å². The predicted octanol–water partition coefficient (Wildman–Crippen LogP) is 3.49. The molecule has 3 heterocycles. The molecule has 2 N–H and O–H groups in total. The molecule has 1 aromatic carbocycles. The number of aromatic nitrogens is 2. The molecule has 148 valence electrons. The summed E-state index contributed by atoms with van der Waals surface area (Å²) >= 11 is 0. The van der Waals surface area contributed by atoms with E-state index in [0.717, 1.165) is 19.5 Å². The molecule has 1 aliphatic rings. The molecule has 1 fully saturated rings. The van der Waals surface area contributed by atoms with Crippen molar-refractivity contribution >= 4 is 29.4 Å². The van der Waals surface area contributed by atoms with E-state index in [9.17, 15) is 9.18 Å². The highest BCUT2D eigenvalue weighted by Gasteiger charge is 2.25. The SMILES string of the molecule is Cc1noc2nc(-c3ccc(F)cc3)cc(C(=O)NC3CNCCC3C)c12.Cl. The average molecular weight is 405 g/mol. The number of pyridine rings is 1. The number of rotatable bonds is 3. The highest BCUT2D eigenvalue weighted by atomic mass is 35.5. The number of nitrogens with one attached hydrogen (secondary N) is 2. The number of benzene rings is 1. The summed E-state index contributed by atoms with van der Waals surface area (Å²) in [6, 6.07) is 7.76. The minimum absolute atomic E-state index is 0. The third kappa shape index (κ3) is 3.86. The van der Waals surface area contributed by atoms with Gasteiger partial charge in [-0.15, -0.1) is 12.4 Å². The summed E-state index contributed by atoms with van der Waals surface area (Å²) < 4.78 is 18.6. The van der Waals surface area contributed by atoms with Gasteiger partial charge in [-0.3, -0.25) is 4.79 Å². The van der Waals surface area contributed by atoms with Gasteiger partial charge < -0.3 is 15.2 Å². The highest BCUT2D eigenvalue weighted by molar-refractivity contribution is 6.07. The quantitative estimate of drug-likeness (QED) is 0.698. The normalized spacial score (nSPS) is 19.2. The van der Waals surface area contributed by atoms with E-state index in [1.807, 2.05) is 0 Å². The average Bonchev–Trinajstić information content (AvgIpc) is 3.04. The lowest BCUT2D eigenvalue weighted by Gasteiger charge is -2.30. The van der Waals surface area contributed by atoms with Crippen LogP contribution in [0.5, 0.6) is 0 Å². The van der Waals surface area contributed by atoms with Crippen molar-refractivity contribution in [3.63, 3.8) is 0 Å². The number of amides is 1. The predicted molar refractivity (Wildman–Crippen MR) is 107 cm³/mol. The second kappa shape index (κ2) is 8.24. The Hall–Kier alpha value is -2.51. The lowest BCUT2D eigenvalue weighted by molar-refractivity contribution is 0.0917. The van der Waals surface area contributed by atoms with Gasteiger partial charge in [0.05, 0.1) is 22.3 Å². The van der Waals surface area contributed by atoms with Gasteiger partial charge in [0, 0.05) is 18.2 Å². The van der Waals surface area contributed by atoms with Gasteiger partial charge in [-0.05, 0) is 56.1 Å². The number of hydrogen-bond donors (Lipinski definition) is 2. The number of carbonyl (C=O) groups is 1. The van der Waals surface area contributed by atoms with Crippen molar-refractivity contribution in [2.75, 3.05) is 13.1 Å². The molecule has 2 unspecified atom stereocenters. The Bertz CT molecular complexity index is 990. The van der Waals surface area contributed by atoms with Crippen LogP contribution in [0.1, 0.15) is 29.4 Å². The lowest BCUT2D eigenvalue weighted by atomic mass is 9.94. The van der Waals surface area contributed by atoms with Crippen LogP contribution in [-0.4, -0.2) is 35.2 Å². The number of aryl methyl sites for hydroxylation is 1. The van der Waals surface area contributed by atoms with Crippen molar-refractivity contribution in [3.05, 3.63) is 47.4 Å². The van der Waals surface area contributed by atoms with E-state index < -0.39 is 0 Å². The smallest absolute Gasteiger partial charge is 0.259 e. The zero-order valence-corrected chi connectivity index (χ0v) is 16.5. The van der Waals surface area contributed by atoms with Crippen molar-refractivity contribution in [3.8, 4) is 11.3 Å². The monoisotopic (exact) mass is 404 g/mol. The van der Waals surface area contributed by atoms with E-state index >= 15 is 0 Å². The molecule has 28 heavy (non-hydrogen) atoms. The number of halogens is 2. The summed E-state index contributed by atoms with van der Waals surface area (Å²) in [5, 5.41) is 11.0. The van der Waals surface area contributed by atoms with Gasteiger partial charge in [0.15, 0.2) is 0 Å². The van der Waals surface area contributed by atoms with Crippen LogP contribution in [0.4, 0.5) is 4.39 Å². The molecule has 0 radical (unpaired) electrons. The molecular formula is C20H22ClFN4O2. The highest BCUT2D eigenvalue weighted by Crippen LogP contribution is 2.27. The topological polar surface area (TPSA) is 80.0 Å². The van der Waals surface area contributed by atoms with E-state index in [1.165, 1.54) is 12.1 Å². The second-order valence-corrected chi connectivity index (χ2v) is 7.06. The molecule has 2 aromatic heterocycles. The summed E-state index contributed by atoms with van der Waals surface area (Å²) in [4.78, 5) is 17.5. The summed E-state index contributed by atoms with van der Waals surface area (Å²) in [5.74, 6) is -0.114. The maximum atomic E-state index is 13.2. The largest absolute Gasteiger partial charge is 0.348 e. The van der Waals surface area contributed by atoms with Crippen LogP contribution in [0.15, 0.2) is 34.9 Å². The van der Waals surface area contributed by atoms with Gasteiger partial charge in [0.25, 0.3) is 11.6 Å². The van der Waals surface area contributed by atoms with Crippen molar-refractivity contribution in [2.45, 2.75) is 26.3 Å². The molecule has 8 heteroatoms. The van der Waals surface area contributed by atoms with E-state index in [2.05, 4.69) is 27.7 Å². The molecule has 4 rings (SSSR count). The molecule has 0 spiro atoms. The minimum atomic E-state index is -0.327. The van der Waals surface area contributed by atoms with Gasteiger partial charge in [0.1, 0.15) is 5.82 Å². The fourth-order valence-electron chi connectivity index (χ4n) is 3.47. The first-order valence-electron chi connectivity index (χ1n) is 9.07. The fraction of sp³-hybridized carbons (Fsp3) is 0.350. The molecule has 6 nitrogen and oxygen atoms in total. The van der Waals surface area contributed by atoms with Crippen LogP contribution in [0.2, 0.25) is 0 Å². The fourth-order valence-corrected chi connectivity index (χ4v) is 3.47. The maximum absolute atomic E-state index is 13.2. The molecule has 0 bridgehead atoms. The number of carbonyl (C=O) groups excluding carboxylic acids is 1. The number of hydrogen-bond acceptors (Lipinski definition) is 5. The summed E-state index contributed by atoms with van der Waals surface area (Å²) in [7, 11) is 0. The Kier molecular flexibility index (Phi) is 5.96. The number of fused-ring (bicyclic) bond motifs is 1. The Morgan fingerprint density at radius 1 is 1.32 bits per heavy atom. The van der Waals surface area contributed by atoms with E-state index in [4.69, 9.17) is 4.52 Å². The van der Waals surface area contributed by atoms with Gasteiger partial charge in [0.2, 0.25) is 0 Å². The van der Waals surface area contributed by atoms with Crippen LogP contribution in [0.3, 0.4) is 0 Å². The lowest BCUT2D eigenvalue weighted by Crippen LogP contribution is -2.50. The minimum Gasteiger partial charge on any atom is -0.348 e. The molecule has 1 saturated heterocycles. The molecule has 0 aliphatic carbocycles. The third-order valence-electron chi connectivity index (χ3n) is 5.15. The van der Waals surface area contributed by atoms with Crippen molar-refractivity contribution < 1.29 is 13.7 Å². The summed E-state index contributed by atoms with van der Waals surface area (Å²) in [5.41, 5.74) is 2.63. The molecular weight excluding hydrogens is 383 g/mol. The van der Waals surface area contributed by atoms with Crippen LogP contribution >= 0.6 is 12.4 Å². The molecule has 1 aliphatic heterocycles. The van der Waals surface area contributed by atoms with Crippen molar-refractivity contribution in [1.82, 2.24) is 20.8 Å². The Balaban J connectivity index is 0.00000225. The van der Waals surface area contributed by atoms with E-state index in [-0.39, 0.29) is 30.2 Å². The van der Waals surface area contributed by atoms with Crippen molar-refractivity contribution in [2.24, 2.45) is 5.92 Å². The Morgan fingerprint density at radius 3 is 2.79 bits per heavy atom. The summed E-state index contributed by atoms with van der Waals surface area (Å²) in [6.07, 6.45) is 1.02. The molecule has 2 atom stereocenters.